The first kappa shape index (κ1) is 33.7. The average Bonchev–Trinajstić information content (AvgIpc) is 3.72. The summed E-state index contributed by atoms with van der Waals surface area (Å²) in [6.45, 7) is 13.8. The van der Waals surface area contributed by atoms with Crippen LogP contribution in [-0.4, -0.2) is 59.8 Å². The molecule has 0 radical (unpaired) electrons. The summed E-state index contributed by atoms with van der Waals surface area (Å²) in [5.74, 6) is -2.89. The van der Waals surface area contributed by atoms with Crippen LogP contribution in [0.5, 0.6) is 0 Å². The third-order valence-electron chi connectivity index (χ3n) is 9.47. The highest BCUT2D eigenvalue weighted by molar-refractivity contribution is 6.74. The van der Waals surface area contributed by atoms with Gasteiger partial charge in [0.15, 0.2) is 8.32 Å². The Morgan fingerprint density at radius 2 is 1.78 bits per heavy atom. The molecule has 2 aliphatic rings. The minimum absolute atomic E-state index is 0.0149. The number of piperidine rings is 1. The van der Waals surface area contributed by atoms with Crippen LogP contribution >= 0.6 is 0 Å². The number of anilines is 2. The van der Waals surface area contributed by atoms with Crippen LogP contribution in [0.15, 0.2) is 42.7 Å². The van der Waals surface area contributed by atoms with E-state index in [9.17, 15) is 19.4 Å². The van der Waals surface area contributed by atoms with Crippen molar-refractivity contribution in [3.63, 3.8) is 0 Å². The van der Waals surface area contributed by atoms with Crippen LogP contribution in [0, 0.1) is 23.4 Å². The predicted molar refractivity (Wildman–Crippen MR) is 173 cm³/mol. The van der Waals surface area contributed by atoms with Crippen LogP contribution in [0.2, 0.25) is 18.1 Å². The van der Waals surface area contributed by atoms with Gasteiger partial charge in [0.1, 0.15) is 23.1 Å². The number of pyridine rings is 2. The molecule has 1 aliphatic heterocycles. The van der Waals surface area contributed by atoms with Crippen molar-refractivity contribution in [2.45, 2.75) is 83.0 Å². The van der Waals surface area contributed by atoms with Gasteiger partial charge in [-0.05, 0) is 66.9 Å². The number of amides is 1. The lowest BCUT2D eigenvalue weighted by molar-refractivity contribution is 0.0722. The zero-order chi connectivity index (χ0) is 33.6. The van der Waals surface area contributed by atoms with Gasteiger partial charge in [-0.1, -0.05) is 27.7 Å². The van der Waals surface area contributed by atoms with E-state index in [1.165, 1.54) is 6.07 Å². The van der Waals surface area contributed by atoms with E-state index in [4.69, 9.17) is 4.43 Å². The van der Waals surface area contributed by atoms with Crippen molar-refractivity contribution in [2.75, 3.05) is 23.3 Å². The lowest BCUT2D eigenvalue weighted by Crippen LogP contribution is -2.62. The monoisotopic (exact) mass is 657 g/mol. The molecule has 1 saturated heterocycles. The summed E-state index contributed by atoms with van der Waals surface area (Å²) in [6.07, 6.45) is 2.66. The van der Waals surface area contributed by atoms with Gasteiger partial charge in [0, 0.05) is 25.2 Å². The van der Waals surface area contributed by atoms with Gasteiger partial charge >= 0.3 is 6.09 Å². The molecule has 9 nitrogen and oxygen atoms in total. The standard InChI is InChI=1S/C33H42F3N5O4Si/c1-19-17-41(18-26(40-31(42)43)30(19)45-46(5,6)32(2,3)4)27-9-12-37-16-25(27)38-15-21-7-8-22(34)29(39-21)28-23(35)13-20(14-24(28)36)33(44)10-11-33/h7-9,12-14,16,19,26,30,38,40,44H,10-11,15,17-18H2,1-6H3,(H,42,43). The number of carbonyl (C=O) groups is 1. The highest BCUT2D eigenvalue weighted by atomic mass is 28.4. The third-order valence-corrected chi connectivity index (χ3v) is 13.9. The number of carboxylic acid groups (broad SMARTS) is 1. The first-order valence-corrected chi connectivity index (χ1v) is 18.4. The summed E-state index contributed by atoms with van der Waals surface area (Å²) in [7, 11) is -2.20. The van der Waals surface area contributed by atoms with E-state index in [-0.39, 0.29) is 29.2 Å². The Bertz CT molecular complexity index is 1590. The van der Waals surface area contributed by atoms with E-state index in [1.807, 2.05) is 6.07 Å². The molecule has 3 aromatic rings. The predicted octanol–water partition coefficient (Wildman–Crippen LogP) is 6.64. The molecule has 2 fully saturated rings. The second-order valence-corrected chi connectivity index (χ2v) is 18.8. The number of rotatable bonds is 9. The van der Waals surface area contributed by atoms with E-state index in [2.05, 4.69) is 66.3 Å². The maximum atomic E-state index is 15.1. The first-order chi connectivity index (χ1) is 21.5. The Kier molecular flexibility index (Phi) is 9.15. The second-order valence-electron chi connectivity index (χ2n) is 14.0. The number of halogens is 3. The Balaban J connectivity index is 1.36. The molecule has 46 heavy (non-hydrogen) atoms. The Hall–Kier alpha value is -3.68. The number of nitrogens with zero attached hydrogens (tertiary/aromatic N) is 3. The normalized spacial score (nSPS) is 21.2. The summed E-state index contributed by atoms with van der Waals surface area (Å²) < 4.78 is 51.7. The highest BCUT2D eigenvalue weighted by Crippen LogP contribution is 2.46. The van der Waals surface area contributed by atoms with Crippen molar-refractivity contribution in [3.8, 4) is 11.3 Å². The molecule has 248 valence electrons. The second kappa shape index (κ2) is 12.5. The van der Waals surface area contributed by atoms with Crippen molar-refractivity contribution in [1.29, 1.82) is 0 Å². The molecule has 1 aliphatic carbocycles. The molecular formula is C33H42F3N5O4Si. The van der Waals surface area contributed by atoms with E-state index < -0.39 is 54.8 Å². The van der Waals surface area contributed by atoms with Crippen molar-refractivity contribution in [2.24, 2.45) is 5.92 Å². The van der Waals surface area contributed by atoms with Gasteiger partial charge in [0.05, 0.1) is 53.1 Å². The van der Waals surface area contributed by atoms with E-state index >= 15 is 8.78 Å². The van der Waals surface area contributed by atoms with E-state index in [0.717, 1.165) is 23.9 Å². The summed E-state index contributed by atoms with van der Waals surface area (Å²) in [4.78, 5) is 22.4. The van der Waals surface area contributed by atoms with Gasteiger partial charge in [0.25, 0.3) is 0 Å². The summed E-state index contributed by atoms with van der Waals surface area (Å²) in [5, 5.41) is 25.8. The fourth-order valence-electron chi connectivity index (χ4n) is 5.68. The summed E-state index contributed by atoms with van der Waals surface area (Å²) >= 11 is 0. The molecule has 0 bridgehead atoms. The number of aromatic nitrogens is 2. The third kappa shape index (κ3) is 7.01. The molecule has 5 rings (SSSR count). The quantitative estimate of drug-likeness (QED) is 0.189. The number of benzene rings is 1. The average molecular weight is 658 g/mol. The largest absolute Gasteiger partial charge is 0.465 e. The minimum atomic E-state index is -2.20. The van der Waals surface area contributed by atoms with Gasteiger partial charge in [-0.15, -0.1) is 0 Å². The van der Waals surface area contributed by atoms with E-state index in [0.29, 0.717) is 37.3 Å². The van der Waals surface area contributed by atoms with Gasteiger partial charge in [-0.2, -0.15) is 0 Å². The Labute approximate surface area is 268 Å². The molecule has 3 atom stereocenters. The lowest BCUT2D eigenvalue weighted by Gasteiger charge is -2.48. The molecule has 3 unspecified atom stereocenters. The molecule has 1 amide bonds. The first-order valence-electron chi connectivity index (χ1n) is 15.5. The Morgan fingerprint density at radius 1 is 1.11 bits per heavy atom. The number of nitrogens with one attached hydrogen (secondary N) is 2. The molecule has 13 heteroatoms. The number of hydrogen-bond donors (Lipinski definition) is 4. The van der Waals surface area contributed by atoms with Crippen molar-refractivity contribution >= 4 is 25.8 Å². The molecule has 1 aromatic carbocycles. The van der Waals surface area contributed by atoms with Crippen LogP contribution in [-0.2, 0) is 16.6 Å². The molecular weight excluding hydrogens is 615 g/mol. The summed E-state index contributed by atoms with van der Waals surface area (Å²) in [5.41, 5.74) is -0.446. The lowest BCUT2D eigenvalue weighted by atomic mass is 9.92. The van der Waals surface area contributed by atoms with E-state index in [1.54, 1.807) is 12.4 Å². The van der Waals surface area contributed by atoms with Crippen molar-refractivity contribution < 1.29 is 32.6 Å². The molecule has 4 N–H and O–H groups in total. The van der Waals surface area contributed by atoms with Crippen LogP contribution in [0.4, 0.5) is 29.3 Å². The topological polar surface area (TPSA) is 120 Å². The molecule has 2 aromatic heterocycles. The van der Waals surface area contributed by atoms with Crippen LogP contribution in [0.1, 0.15) is 51.8 Å². The highest BCUT2D eigenvalue weighted by Gasteiger charge is 2.45. The zero-order valence-corrected chi connectivity index (χ0v) is 28.0. The van der Waals surface area contributed by atoms with Gasteiger partial charge in [-0.25, -0.2) is 22.9 Å². The fourth-order valence-corrected chi connectivity index (χ4v) is 7.11. The maximum absolute atomic E-state index is 15.1. The van der Waals surface area contributed by atoms with Gasteiger partial charge < -0.3 is 30.2 Å². The SMILES string of the molecule is CC1CN(c2ccncc2NCc2ccc(F)c(-c3c(F)cc(C4(O)CC4)cc3F)n2)CC(NC(=O)O)C1O[Si](C)(C)C(C)(C)C. The maximum Gasteiger partial charge on any atom is 0.405 e. The smallest absolute Gasteiger partial charge is 0.405 e. The van der Waals surface area contributed by atoms with Crippen LogP contribution in [0.3, 0.4) is 0 Å². The fraction of sp³-hybridized carbons (Fsp3) is 0.485. The van der Waals surface area contributed by atoms with Gasteiger partial charge in [-0.3, -0.25) is 4.98 Å². The van der Waals surface area contributed by atoms with Crippen LogP contribution < -0.4 is 15.5 Å². The molecule has 1 saturated carbocycles. The van der Waals surface area contributed by atoms with Crippen molar-refractivity contribution in [3.05, 3.63) is 71.4 Å². The van der Waals surface area contributed by atoms with Gasteiger partial charge in [0.2, 0.25) is 0 Å². The van der Waals surface area contributed by atoms with Crippen LogP contribution in [0.25, 0.3) is 11.3 Å². The summed E-state index contributed by atoms with van der Waals surface area (Å²) in [6, 6.07) is 5.94. The molecule has 0 spiro atoms. The number of aliphatic hydroxyl groups is 1. The molecule has 3 heterocycles. The minimum Gasteiger partial charge on any atom is -0.465 e. The Morgan fingerprint density at radius 3 is 2.39 bits per heavy atom. The van der Waals surface area contributed by atoms with Crippen molar-refractivity contribution in [1.82, 2.24) is 15.3 Å². The zero-order valence-electron chi connectivity index (χ0n) is 27.0. The number of hydrogen-bond acceptors (Lipinski definition) is 7.